The van der Waals surface area contributed by atoms with Crippen molar-refractivity contribution >= 4 is 17.3 Å². The average molecular weight is 348 g/mol. The molecular formula is C18H25FN4S. The molecular weight excluding hydrogens is 323 g/mol. The van der Waals surface area contributed by atoms with Crippen molar-refractivity contribution in [2.24, 2.45) is 4.99 Å². The van der Waals surface area contributed by atoms with E-state index in [1.54, 1.807) is 30.5 Å². The van der Waals surface area contributed by atoms with Gasteiger partial charge in [0, 0.05) is 19.0 Å². The second kappa shape index (κ2) is 9.37. The van der Waals surface area contributed by atoms with Crippen molar-refractivity contribution < 1.29 is 4.39 Å². The van der Waals surface area contributed by atoms with Gasteiger partial charge in [-0.25, -0.2) is 9.37 Å². The quantitative estimate of drug-likeness (QED) is 0.456. The molecule has 0 bridgehead atoms. The molecule has 24 heavy (non-hydrogen) atoms. The van der Waals surface area contributed by atoms with Crippen LogP contribution in [0.1, 0.15) is 42.5 Å². The van der Waals surface area contributed by atoms with Gasteiger partial charge >= 0.3 is 0 Å². The number of aromatic nitrogens is 1. The van der Waals surface area contributed by atoms with Crippen LogP contribution in [0.5, 0.6) is 0 Å². The number of hydrogen-bond acceptors (Lipinski definition) is 3. The van der Waals surface area contributed by atoms with Gasteiger partial charge in [-0.3, -0.25) is 4.99 Å². The van der Waals surface area contributed by atoms with Gasteiger partial charge in [-0.2, -0.15) is 0 Å². The summed E-state index contributed by atoms with van der Waals surface area (Å²) in [5.74, 6) is 1.04. The maximum Gasteiger partial charge on any atom is 0.191 e. The van der Waals surface area contributed by atoms with Crippen molar-refractivity contribution in [3.8, 4) is 0 Å². The highest BCUT2D eigenvalue weighted by Crippen LogP contribution is 2.17. The Balaban J connectivity index is 1.70. The van der Waals surface area contributed by atoms with Crippen LogP contribution in [-0.4, -0.2) is 24.5 Å². The Morgan fingerprint density at radius 1 is 1.33 bits per heavy atom. The third-order valence-corrected chi connectivity index (χ3v) is 4.48. The SMILES string of the molecule is CN=C(NCCCc1cccc(F)c1)NCc1nc(C(C)C)cs1. The van der Waals surface area contributed by atoms with E-state index in [1.165, 1.54) is 6.07 Å². The van der Waals surface area contributed by atoms with Crippen molar-refractivity contribution in [1.82, 2.24) is 15.6 Å². The Morgan fingerprint density at radius 2 is 2.17 bits per heavy atom. The molecule has 0 spiro atoms. The minimum atomic E-state index is -0.179. The van der Waals surface area contributed by atoms with Crippen molar-refractivity contribution in [2.45, 2.75) is 39.2 Å². The smallest absolute Gasteiger partial charge is 0.191 e. The van der Waals surface area contributed by atoms with Gasteiger partial charge in [-0.15, -0.1) is 11.3 Å². The molecule has 0 unspecified atom stereocenters. The molecule has 0 fully saturated rings. The molecule has 2 N–H and O–H groups in total. The summed E-state index contributed by atoms with van der Waals surface area (Å²) in [4.78, 5) is 8.81. The first-order valence-corrected chi connectivity index (χ1v) is 9.09. The first kappa shape index (κ1) is 18.4. The maximum atomic E-state index is 13.1. The van der Waals surface area contributed by atoms with Gasteiger partial charge in [0.15, 0.2) is 5.96 Å². The number of halogens is 1. The Bertz CT molecular complexity index is 667. The molecule has 6 heteroatoms. The molecule has 0 radical (unpaired) electrons. The third-order valence-electron chi connectivity index (χ3n) is 3.62. The Kier molecular flexibility index (Phi) is 7.18. The average Bonchev–Trinajstić information content (AvgIpc) is 3.03. The predicted molar refractivity (Wildman–Crippen MR) is 99.1 cm³/mol. The lowest BCUT2D eigenvalue weighted by Crippen LogP contribution is -2.37. The molecule has 0 atom stereocenters. The van der Waals surface area contributed by atoms with Crippen LogP contribution >= 0.6 is 11.3 Å². The van der Waals surface area contributed by atoms with Gasteiger partial charge in [-0.05, 0) is 36.5 Å². The normalized spacial score (nSPS) is 11.8. The van der Waals surface area contributed by atoms with E-state index in [-0.39, 0.29) is 5.82 Å². The van der Waals surface area contributed by atoms with E-state index in [0.29, 0.717) is 12.5 Å². The zero-order valence-corrected chi connectivity index (χ0v) is 15.3. The summed E-state index contributed by atoms with van der Waals surface area (Å²) in [7, 11) is 1.75. The zero-order chi connectivity index (χ0) is 17.4. The molecule has 0 aliphatic heterocycles. The second-order valence-corrected chi connectivity index (χ2v) is 6.85. The van der Waals surface area contributed by atoms with Crippen LogP contribution in [0.2, 0.25) is 0 Å². The van der Waals surface area contributed by atoms with Crippen LogP contribution in [0.4, 0.5) is 4.39 Å². The highest BCUT2D eigenvalue weighted by atomic mass is 32.1. The Labute approximate surface area is 147 Å². The van der Waals surface area contributed by atoms with Gasteiger partial charge in [0.25, 0.3) is 0 Å². The summed E-state index contributed by atoms with van der Waals surface area (Å²) in [5, 5.41) is 9.71. The summed E-state index contributed by atoms with van der Waals surface area (Å²) in [6.45, 7) is 5.74. The van der Waals surface area contributed by atoms with Crippen molar-refractivity contribution in [3.05, 3.63) is 51.7 Å². The van der Waals surface area contributed by atoms with Gasteiger partial charge in [0.1, 0.15) is 10.8 Å². The number of benzene rings is 1. The number of aryl methyl sites for hydroxylation is 1. The molecule has 0 aliphatic carbocycles. The lowest BCUT2D eigenvalue weighted by atomic mass is 10.1. The maximum absolute atomic E-state index is 13.1. The summed E-state index contributed by atoms with van der Waals surface area (Å²) < 4.78 is 13.1. The summed E-state index contributed by atoms with van der Waals surface area (Å²) in [5.41, 5.74) is 2.15. The first-order chi connectivity index (χ1) is 11.6. The number of nitrogens with one attached hydrogen (secondary N) is 2. The third kappa shape index (κ3) is 5.92. The van der Waals surface area contributed by atoms with Gasteiger partial charge in [-0.1, -0.05) is 26.0 Å². The van der Waals surface area contributed by atoms with E-state index in [1.807, 2.05) is 6.07 Å². The molecule has 4 nitrogen and oxygen atoms in total. The number of hydrogen-bond donors (Lipinski definition) is 2. The minimum absolute atomic E-state index is 0.179. The van der Waals surface area contributed by atoms with E-state index >= 15 is 0 Å². The number of nitrogens with zero attached hydrogens (tertiary/aromatic N) is 2. The molecule has 0 saturated carbocycles. The van der Waals surface area contributed by atoms with Gasteiger partial charge < -0.3 is 10.6 Å². The molecule has 2 rings (SSSR count). The van der Waals surface area contributed by atoms with E-state index in [0.717, 1.165) is 41.6 Å². The Morgan fingerprint density at radius 3 is 2.83 bits per heavy atom. The van der Waals surface area contributed by atoms with Crippen LogP contribution in [0, 0.1) is 5.82 Å². The molecule has 0 saturated heterocycles. The monoisotopic (exact) mass is 348 g/mol. The second-order valence-electron chi connectivity index (χ2n) is 5.91. The highest BCUT2D eigenvalue weighted by molar-refractivity contribution is 7.09. The molecule has 0 aliphatic rings. The van der Waals surface area contributed by atoms with Crippen LogP contribution < -0.4 is 10.6 Å². The van der Waals surface area contributed by atoms with Crippen LogP contribution in [-0.2, 0) is 13.0 Å². The van der Waals surface area contributed by atoms with E-state index in [4.69, 9.17) is 0 Å². The number of guanidine groups is 1. The lowest BCUT2D eigenvalue weighted by molar-refractivity contribution is 0.624. The summed E-state index contributed by atoms with van der Waals surface area (Å²) in [6, 6.07) is 6.75. The van der Waals surface area contributed by atoms with Crippen LogP contribution in [0.15, 0.2) is 34.6 Å². The zero-order valence-electron chi connectivity index (χ0n) is 14.5. The lowest BCUT2D eigenvalue weighted by Gasteiger charge is -2.11. The van der Waals surface area contributed by atoms with Crippen molar-refractivity contribution in [2.75, 3.05) is 13.6 Å². The van der Waals surface area contributed by atoms with Gasteiger partial charge in [0.2, 0.25) is 0 Å². The minimum Gasteiger partial charge on any atom is -0.356 e. The number of thiazole rings is 1. The molecule has 130 valence electrons. The number of rotatable bonds is 7. The molecule has 1 heterocycles. The summed E-state index contributed by atoms with van der Waals surface area (Å²) in [6.07, 6.45) is 1.75. The molecule has 1 aromatic carbocycles. The first-order valence-electron chi connectivity index (χ1n) is 8.21. The van der Waals surface area contributed by atoms with E-state index in [9.17, 15) is 4.39 Å². The topological polar surface area (TPSA) is 49.3 Å². The highest BCUT2D eigenvalue weighted by Gasteiger charge is 2.06. The summed E-state index contributed by atoms with van der Waals surface area (Å²) >= 11 is 1.67. The van der Waals surface area contributed by atoms with Gasteiger partial charge in [0.05, 0.1) is 12.2 Å². The largest absolute Gasteiger partial charge is 0.356 e. The molecule has 0 amide bonds. The molecule has 1 aromatic heterocycles. The predicted octanol–water partition coefficient (Wildman–Crippen LogP) is 3.70. The fourth-order valence-corrected chi connectivity index (χ4v) is 3.14. The van der Waals surface area contributed by atoms with Crippen molar-refractivity contribution in [3.63, 3.8) is 0 Å². The van der Waals surface area contributed by atoms with Crippen LogP contribution in [0.25, 0.3) is 0 Å². The fourth-order valence-electron chi connectivity index (χ4n) is 2.24. The van der Waals surface area contributed by atoms with Crippen LogP contribution in [0.3, 0.4) is 0 Å². The van der Waals surface area contributed by atoms with E-state index < -0.39 is 0 Å². The standard InChI is InChI=1S/C18H25FN4S/c1-13(2)16-12-24-17(23-16)11-22-18(20-3)21-9-5-7-14-6-4-8-15(19)10-14/h4,6,8,10,12-13H,5,7,9,11H2,1-3H3,(H2,20,21,22). The number of aliphatic imine (C=N–C) groups is 1. The van der Waals surface area contributed by atoms with Crippen molar-refractivity contribution in [1.29, 1.82) is 0 Å². The molecule has 2 aromatic rings. The Hall–Kier alpha value is -1.95. The fraction of sp³-hybridized carbons (Fsp3) is 0.444. The van der Waals surface area contributed by atoms with E-state index in [2.05, 4.69) is 39.8 Å².